The molecule has 132 valence electrons. The number of hydrazone groups is 1. The van der Waals surface area contributed by atoms with Crippen molar-refractivity contribution in [2.24, 2.45) is 5.10 Å². The average molecular weight is 343 g/mol. The van der Waals surface area contributed by atoms with Crippen LogP contribution >= 0.6 is 0 Å². The molecule has 2 heterocycles. The molecule has 1 fully saturated rings. The van der Waals surface area contributed by atoms with Crippen molar-refractivity contribution in [3.63, 3.8) is 0 Å². The number of rotatable bonds is 3. The highest BCUT2D eigenvalue weighted by molar-refractivity contribution is 6.00. The van der Waals surface area contributed by atoms with Gasteiger partial charge in [-0.25, -0.2) is 9.36 Å². The van der Waals surface area contributed by atoms with Crippen molar-refractivity contribution in [1.82, 2.24) is 19.5 Å². The first-order valence-corrected chi connectivity index (χ1v) is 8.10. The summed E-state index contributed by atoms with van der Waals surface area (Å²) in [7, 11) is 2.04. The lowest BCUT2D eigenvalue weighted by Gasteiger charge is -2.30. The first-order valence-electron chi connectivity index (χ1n) is 8.10. The zero-order valence-corrected chi connectivity index (χ0v) is 14.3. The molecule has 0 aliphatic carbocycles. The molecule has 0 spiro atoms. The lowest BCUT2D eigenvalue weighted by Crippen LogP contribution is -2.42. The van der Waals surface area contributed by atoms with Crippen molar-refractivity contribution in [2.75, 3.05) is 33.2 Å². The number of H-pyrrole nitrogens is 1. The van der Waals surface area contributed by atoms with Gasteiger partial charge in [-0.05, 0) is 26.1 Å². The molecule has 3 rings (SSSR count). The fourth-order valence-electron chi connectivity index (χ4n) is 2.83. The Morgan fingerprint density at radius 2 is 1.76 bits per heavy atom. The van der Waals surface area contributed by atoms with E-state index in [0.29, 0.717) is 11.4 Å². The minimum absolute atomic E-state index is 0.00220. The van der Waals surface area contributed by atoms with E-state index >= 15 is 0 Å². The van der Waals surface area contributed by atoms with Crippen molar-refractivity contribution in [3.05, 3.63) is 56.7 Å². The smallest absolute Gasteiger partial charge is 0.335 e. The summed E-state index contributed by atoms with van der Waals surface area (Å²) in [4.78, 5) is 28.8. The molecule has 1 aliphatic heterocycles. The molecule has 8 nitrogen and oxygen atoms in total. The summed E-state index contributed by atoms with van der Waals surface area (Å²) in [5.41, 5.74) is -0.500. The summed E-state index contributed by atoms with van der Waals surface area (Å²) in [5.74, 6) is -0.407. The Morgan fingerprint density at radius 1 is 1.12 bits per heavy atom. The number of aromatic nitrogens is 2. The molecule has 8 heteroatoms. The van der Waals surface area contributed by atoms with Gasteiger partial charge in [-0.1, -0.05) is 18.2 Å². The van der Waals surface area contributed by atoms with Gasteiger partial charge in [-0.3, -0.25) is 14.8 Å². The third kappa shape index (κ3) is 3.48. The molecular weight excluding hydrogens is 322 g/mol. The van der Waals surface area contributed by atoms with E-state index in [1.165, 1.54) is 0 Å². The van der Waals surface area contributed by atoms with Crippen LogP contribution < -0.4 is 11.2 Å². The van der Waals surface area contributed by atoms with Gasteiger partial charge in [0, 0.05) is 26.2 Å². The van der Waals surface area contributed by atoms with Crippen LogP contribution in [-0.4, -0.2) is 63.5 Å². The van der Waals surface area contributed by atoms with Gasteiger partial charge in [-0.2, -0.15) is 5.10 Å². The Labute approximate surface area is 144 Å². The third-order valence-corrected chi connectivity index (χ3v) is 4.23. The molecule has 25 heavy (non-hydrogen) atoms. The van der Waals surface area contributed by atoms with Crippen molar-refractivity contribution in [1.29, 1.82) is 0 Å². The van der Waals surface area contributed by atoms with Crippen molar-refractivity contribution in [2.45, 2.75) is 6.92 Å². The predicted octanol–water partition coefficient (Wildman–Crippen LogP) is 0.203. The molecule has 0 radical (unpaired) electrons. The van der Waals surface area contributed by atoms with Crippen LogP contribution in [-0.2, 0) is 0 Å². The van der Waals surface area contributed by atoms with Crippen LogP contribution in [0.25, 0.3) is 5.69 Å². The van der Waals surface area contributed by atoms with E-state index in [1.54, 1.807) is 37.3 Å². The number of benzene rings is 1. The van der Waals surface area contributed by atoms with E-state index < -0.39 is 17.1 Å². The lowest BCUT2D eigenvalue weighted by atomic mass is 10.2. The fourth-order valence-corrected chi connectivity index (χ4v) is 2.83. The molecule has 0 amide bonds. The summed E-state index contributed by atoms with van der Waals surface area (Å²) in [6.45, 7) is 4.89. The number of piperazine rings is 1. The maximum atomic E-state index is 12.2. The summed E-state index contributed by atoms with van der Waals surface area (Å²) in [6, 6.07) is 8.65. The maximum absolute atomic E-state index is 12.2. The summed E-state index contributed by atoms with van der Waals surface area (Å²) >= 11 is 0. The van der Waals surface area contributed by atoms with Gasteiger partial charge >= 0.3 is 5.69 Å². The molecule has 0 unspecified atom stereocenters. The van der Waals surface area contributed by atoms with Gasteiger partial charge in [0.05, 0.1) is 11.4 Å². The number of aromatic hydroxyl groups is 1. The number of aromatic amines is 1. The molecule has 1 aliphatic rings. The van der Waals surface area contributed by atoms with Crippen LogP contribution in [0.4, 0.5) is 0 Å². The number of nitrogens with zero attached hydrogens (tertiary/aromatic N) is 4. The maximum Gasteiger partial charge on any atom is 0.335 e. The molecule has 2 N–H and O–H groups in total. The van der Waals surface area contributed by atoms with Crippen LogP contribution in [0.3, 0.4) is 0 Å². The van der Waals surface area contributed by atoms with Crippen LogP contribution in [0, 0.1) is 0 Å². The molecule has 2 aromatic rings. The summed E-state index contributed by atoms with van der Waals surface area (Å²) in [6.07, 6.45) is 0. The molecular formula is C17H21N5O3. The van der Waals surface area contributed by atoms with E-state index in [1.807, 2.05) is 12.1 Å². The number of nitrogens with one attached hydrogen (secondary N) is 1. The van der Waals surface area contributed by atoms with Gasteiger partial charge in [0.15, 0.2) is 0 Å². The van der Waals surface area contributed by atoms with E-state index in [-0.39, 0.29) is 5.56 Å². The highest BCUT2D eigenvalue weighted by Crippen LogP contribution is 2.17. The van der Waals surface area contributed by atoms with Crippen molar-refractivity contribution >= 4 is 5.71 Å². The zero-order chi connectivity index (χ0) is 18.0. The Bertz CT molecular complexity index is 893. The zero-order valence-electron chi connectivity index (χ0n) is 14.3. The van der Waals surface area contributed by atoms with Gasteiger partial charge in [0.25, 0.3) is 5.56 Å². The van der Waals surface area contributed by atoms with Crippen molar-refractivity contribution in [3.8, 4) is 11.6 Å². The monoisotopic (exact) mass is 343 g/mol. The summed E-state index contributed by atoms with van der Waals surface area (Å²) < 4.78 is 1.07. The van der Waals surface area contributed by atoms with Gasteiger partial charge < -0.3 is 10.0 Å². The highest BCUT2D eigenvalue weighted by Gasteiger charge is 2.19. The topological polar surface area (TPSA) is 93.9 Å². The quantitative estimate of drug-likeness (QED) is 0.777. The minimum atomic E-state index is -0.690. The van der Waals surface area contributed by atoms with Gasteiger partial charge in [-0.15, -0.1) is 0 Å². The van der Waals surface area contributed by atoms with Gasteiger partial charge in [0.2, 0.25) is 5.88 Å². The minimum Gasteiger partial charge on any atom is -0.493 e. The van der Waals surface area contributed by atoms with Crippen molar-refractivity contribution < 1.29 is 5.11 Å². The van der Waals surface area contributed by atoms with Crippen LogP contribution in [0.1, 0.15) is 12.5 Å². The van der Waals surface area contributed by atoms with E-state index in [4.69, 9.17) is 0 Å². The second-order valence-electron chi connectivity index (χ2n) is 6.07. The van der Waals surface area contributed by atoms with Crippen LogP contribution in [0.5, 0.6) is 5.88 Å². The number of likely N-dealkylation sites (N-methyl/N-ethyl adjacent to an activating group) is 1. The van der Waals surface area contributed by atoms with E-state index in [0.717, 1.165) is 30.7 Å². The third-order valence-electron chi connectivity index (χ3n) is 4.23. The number of para-hydroxylation sites is 1. The van der Waals surface area contributed by atoms with Gasteiger partial charge in [0.1, 0.15) is 5.56 Å². The molecule has 0 bridgehead atoms. The SMILES string of the molecule is C/C(=N\N1CCN(C)CC1)c1c(O)n(-c2ccccc2)c(=O)[nH]c1=O. The second kappa shape index (κ2) is 6.94. The Kier molecular flexibility index (Phi) is 4.71. The molecule has 1 saturated heterocycles. The second-order valence-corrected chi connectivity index (χ2v) is 6.07. The molecule has 0 saturated carbocycles. The van der Waals surface area contributed by atoms with Crippen LogP contribution in [0.2, 0.25) is 0 Å². The largest absolute Gasteiger partial charge is 0.493 e. The Hall–Kier alpha value is -2.87. The molecule has 1 aromatic heterocycles. The fraction of sp³-hybridized carbons (Fsp3) is 0.353. The summed E-state index contributed by atoms with van der Waals surface area (Å²) in [5, 5.41) is 16.9. The van der Waals surface area contributed by atoms with E-state index in [2.05, 4.69) is 15.0 Å². The molecule has 0 atom stereocenters. The molecule has 1 aromatic carbocycles. The lowest BCUT2D eigenvalue weighted by molar-refractivity contribution is 0.159. The standard InChI is InChI=1S/C17H21N5O3/c1-12(19-21-10-8-20(2)9-11-21)14-15(23)18-17(25)22(16(14)24)13-6-4-3-5-7-13/h3-7,24H,8-11H2,1-2H3,(H,18,23,25)/b19-12+. The Morgan fingerprint density at radius 3 is 2.40 bits per heavy atom. The van der Waals surface area contributed by atoms with E-state index in [9.17, 15) is 14.7 Å². The number of hydrogen-bond acceptors (Lipinski definition) is 6. The highest BCUT2D eigenvalue weighted by atomic mass is 16.3. The Balaban J connectivity index is 2.05. The first-order chi connectivity index (χ1) is 12.0. The number of hydrogen-bond donors (Lipinski definition) is 2. The normalized spacial score (nSPS) is 16.2. The predicted molar refractivity (Wildman–Crippen MR) is 95.6 cm³/mol. The average Bonchev–Trinajstić information content (AvgIpc) is 2.57. The first kappa shape index (κ1) is 17.0. The van der Waals surface area contributed by atoms with Crippen LogP contribution in [0.15, 0.2) is 45.0 Å².